The van der Waals surface area contributed by atoms with Crippen LogP contribution in [0.5, 0.6) is 0 Å². The van der Waals surface area contributed by atoms with Crippen molar-refractivity contribution in [1.29, 1.82) is 0 Å². The van der Waals surface area contributed by atoms with Crippen LogP contribution in [0.4, 0.5) is 0 Å². The summed E-state index contributed by atoms with van der Waals surface area (Å²) in [4.78, 5) is 0. The minimum atomic E-state index is 1.14. The molecule has 0 aromatic rings. The van der Waals surface area contributed by atoms with Crippen LogP contribution in [-0.4, -0.2) is 0 Å². The van der Waals surface area contributed by atoms with Crippen LogP contribution in [0.25, 0.3) is 0 Å². The molecular formula is C14H22. The molecule has 0 radical (unpaired) electrons. The molecule has 0 atom stereocenters. The van der Waals surface area contributed by atoms with Crippen LogP contribution in [0.1, 0.15) is 40.0 Å². The van der Waals surface area contributed by atoms with E-state index in [0.29, 0.717) is 0 Å². The van der Waals surface area contributed by atoms with Crippen molar-refractivity contribution in [2.45, 2.75) is 40.0 Å². The Kier molecular flexibility index (Phi) is 7.92. The molecule has 0 aliphatic rings. The molecule has 0 heterocycles. The third-order valence-corrected chi connectivity index (χ3v) is 1.83. The third kappa shape index (κ3) is 9.05. The fraction of sp³-hybridized carbons (Fsp3) is 0.429. The van der Waals surface area contributed by atoms with E-state index in [1.54, 1.807) is 0 Å². The molecule has 0 saturated carbocycles. The molecule has 0 heteroatoms. The quantitative estimate of drug-likeness (QED) is 0.416. The Morgan fingerprint density at radius 2 is 1.86 bits per heavy atom. The van der Waals surface area contributed by atoms with Crippen LogP contribution in [0.15, 0.2) is 48.1 Å². The lowest BCUT2D eigenvalue weighted by Crippen LogP contribution is -1.74. The second-order valence-corrected chi connectivity index (χ2v) is 3.76. The molecule has 0 aromatic carbocycles. The van der Waals surface area contributed by atoms with E-state index in [-0.39, 0.29) is 0 Å². The van der Waals surface area contributed by atoms with E-state index in [0.717, 1.165) is 12.8 Å². The number of hydrogen-bond donors (Lipinski definition) is 0. The molecular weight excluding hydrogens is 168 g/mol. The highest BCUT2D eigenvalue weighted by atomic mass is 13.9. The predicted octanol–water partition coefficient (Wildman–Crippen LogP) is 4.81. The Morgan fingerprint density at radius 1 is 1.14 bits per heavy atom. The molecule has 0 aromatic heterocycles. The molecule has 0 spiro atoms. The average molecular weight is 190 g/mol. The van der Waals surface area contributed by atoms with E-state index in [9.17, 15) is 0 Å². The predicted molar refractivity (Wildman–Crippen MR) is 66.4 cm³/mol. The number of allylic oxidation sites excluding steroid dienone is 7. The van der Waals surface area contributed by atoms with E-state index >= 15 is 0 Å². The van der Waals surface area contributed by atoms with Crippen LogP contribution in [-0.2, 0) is 0 Å². The molecule has 0 N–H and O–H groups in total. The topological polar surface area (TPSA) is 0 Å². The molecule has 0 saturated heterocycles. The average Bonchev–Trinajstić information content (AvgIpc) is 2.10. The molecule has 0 rings (SSSR count). The summed E-state index contributed by atoms with van der Waals surface area (Å²) in [7, 11) is 0. The van der Waals surface area contributed by atoms with Gasteiger partial charge in [-0.2, -0.15) is 0 Å². The van der Waals surface area contributed by atoms with Gasteiger partial charge < -0.3 is 0 Å². The van der Waals surface area contributed by atoms with E-state index in [1.807, 2.05) is 12.2 Å². The number of hydrogen-bond acceptors (Lipinski definition) is 0. The third-order valence-electron chi connectivity index (χ3n) is 1.83. The van der Waals surface area contributed by atoms with Gasteiger partial charge in [0.2, 0.25) is 0 Å². The monoisotopic (exact) mass is 190 g/mol. The van der Waals surface area contributed by atoms with E-state index in [2.05, 4.69) is 45.6 Å². The van der Waals surface area contributed by atoms with Crippen LogP contribution >= 0.6 is 0 Å². The summed E-state index contributed by atoms with van der Waals surface area (Å²) in [6, 6.07) is 0. The molecule has 0 aliphatic carbocycles. The zero-order valence-electron chi connectivity index (χ0n) is 9.72. The lowest BCUT2D eigenvalue weighted by atomic mass is 10.1. The van der Waals surface area contributed by atoms with Crippen LogP contribution < -0.4 is 0 Å². The van der Waals surface area contributed by atoms with Crippen molar-refractivity contribution in [3.63, 3.8) is 0 Å². The van der Waals surface area contributed by atoms with E-state index < -0.39 is 0 Å². The summed E-state index contributed by atoms with van der Waals surface area (Å²) in [6.45, 7) is 10.1. The molecule has 0 aliphatic heterocycles. The molecule has 0 amide bonds. The maximum atomic E-state index is 3.63. The zero-order valence-corrected chi connectivity index (χ0v) is 9.72. The van der Waals surface area contributed by atoms with Crippen molar-refractivity contribution in [3.8, 4) is 0 Å². The van der Waals surface area contributed by atoms with Crippen molar-refractivity contribution >= 4 is 0 Å². The first-order valence-corrected chi connectivity index (χ1v) is 5.26. The fourth-order valence-corrected chi connectivity index (χ4v) is 1.27. The molecule has 0 unspecified atom stereocenters. The summed E-state index contributed by atoms with van der Waals surface area (Å²) >= 11 is 0. The molecule has 78 valence electrons. The van der Waals surface area contributed by atoms with Crippen molar-refractivity contribution in [2.75, 3.05) is 0 Å². The van der Waals surface area contributed by atoms with Gasteiger partial charge in [-0.3, -0.25) is 0 Å². The van der Waals surface area contributed by atoms with E-state index in [4.69, 9.17) is 0 Å². The van der Waals surface area contributed by atoms with Crippen LogP contribution in [0.3, 0.4) is 0 Å². The maximum Gasteiger partial charge on any atom is -0.0342 e. The van der Waals surface area contributed by atoms with Crippen LogP contribution in [0, 0.1) is 0 Å². The second kappa shape index (κ2) is 8.55. The van der Waals surface area contributed by atoms with Gasteiger partial charge in [-0.1, -0.05) is 48.1 Å². The zero-order chi connectivity index (χ0) is 10.8. The maximum absolute atomic E-state index is 3.63. The van der Waals surface area contributed by atoms with E-state index in [1.165, 1.54) is 17.6 Å². The van der Waals surface area contributed by atoms with Gasteiger partial charge in [-0.25, -0.2) is 0 Å². The highest BCUT2D eigenvalue weighted by molar-refractivity contribution is 5.19. The Labute approximate surface area is 88.7 Å². The summed E-state index contributed by atoms with van der Waals surface area (Å²) in [5, 5.41) is 0. The van der Waals surface area contributed by atoms with Gasteiger partial charge in [0.15, 0.2) is 0 Å². The smallest absolute Gasteiger partial charge is 0.0342 e. The van der Waals surface area contributed by atoms with Crippen molar-refractivity contribution < 1.29 is 0 Å². The molecule has 0 bridgehead atoms. The van der Waals surface area contributed by atoms with Crippen molar-refractivity contribution in [2.24, 2.45) is 0 Å². The summed E-state index contributed by atoms with van der Waals surface area (Å²) in [5.74, 6) is 0. The second-order valence-electron chi connectivity index (χ2n) is 3.76. The van der Waals surface area contributed by atoms with Gasteiger partial charge in [-0.05, 0) is 40.0 Å². The fourth-order valence-electron chi connectivity index (χ4n) is 1.27. The van der Waals surface area contributed by atoms with Gasteiger partial charge in [0.05, 0.1) is 0 Å². The molecule has 0 nitrogen and oxygen atoms in total. The first kappa shape index (κ1) is 13.0. The number of unbranched alkanes of at least 4 members (excludes halogenated alkanes) is 2. The van der Waals surface area contributed by atoms with Gasteiger partial charge in [-0.15, -0.1) is 0 Å². The first-order valence-electron chi connectivity index (χ1n) is 5.26. The number of rotatable bonds is 6. The Hall–Kier alpha value is -1.04. The minimum absolute atomic E-state index is 1.14. The van der Waals surface area contributed by atoms with Crippen LogP contribution in [0.2, 0.25) is 0 Å². The SMILES string of the molecule is C=C/C=C/CCC/C=C(\C)C=C(C)C. The highest BCUT2D eigenvalue weighted by Crippen LogP contribution is 2.05. The first-order chi connectivity index (χ1) is 6.66. The Bertz CT molecular complexity index is 235. The van der Waals surface area contributed by atoms with Gasteiger partial charge >= 0.3 is 0 Å². The van der Waals surface area contributed by atoms with Crippen molar-refractivity contribution in [1.82, 2.24) is 0 Å². The Morgan fingerprint density at radius 3 is 2.43 bits per heavy atom. The van der Waals surface area contributed by atoms with Gasteiger partial charge in [0.25, 0.3) is 0 Å². The highest BCUT2D eigenvalue weighted by Gasteiger charge is 1.84. The van der Waals surface area contributed by atoms with Gasteiger partial charge in [0.1, 0.15) is 0 Å². The molecule has 14 heavy (non-hydrogen) atoms. The summed E-state index contributed by atoms with van der Waals surface area (Å²) < 4.78 is 0. The lowest BCUT2D eigenvalue weighted by molar-refractivity contribution is 0.864. The standard InChI is InChI=1S/C14H22/c1-5-6-7-8-9-10-11-14(4)12-13(2)3/h5-7,11-12H,1,8-10H2,2-4H3/b7-6+,14-11+. The normalized spacial score (nSPS) is 11.8. The lowest BCUT2D eigenvalue weighted by Gasteiger charge is -1.95. The largest absolute Gasteiger partial charge is 0.0991 e. The van der Waals surface area contributed by atoms with Gasteiger partial charge in [0, 0.05) is 0 Å². The summed E-state index contributed by atoms with van der Waals surface area (Å²) in [5.41, 5.74) is 2.74. The molecule has 0 fully saturated rings. The summed E-state index contributed by atoms with van der Waals surface area (Å²) in [6.07, 6.45) is 14.0. The Balaban J connectivity index is 3.66. The van der Waals surface area contributed by atoms with Crippen molar-refractivity contribution in [3.05, 3.63) is 48.1 Å². The minimum Gasteiger partial charge on any atom is -0.0991 e.